The zero-order valence-corrected chi connectivity index (χ0v) is 11.8. The fourth-order valence-electron chi connectivity index (χ4n) is 1.95. The lowest BCUT2D eigenvalue weighted by molar-refractivity contribution is -0.109. The van der Waals surface area contributed by atoms with Crippen molar-refractivity contribution in [3.63, 3.8) is 0 Å². The highest BCUT2D eigenvalue weighted by atomic mass is 16.5. The number of nitrogens with zero attached hydrogens (tertiary/aromatic N) is 4. The van der Waals surface area contributed by atoms with Crippen molar-refractivity contribution in [2.75, 3.05) is 46.1 Å². The number of pyridine rings is 1. The number of hydrogen-bond donors (Lipinski definition) is 3. The molecule has 0 atom stereocenters. The molecule has 1 aliphatic heterocycles. The first-order valence-electron chi connectivity index (χ1n) is 6.03. The van der Waals surface area contributed by atoms with Crippen LogP contribution in [0.5, 0.6) is 0 Å². The van der Waals surface area contributed by atoms with E-state index in [-0.39, 0.29) is 6.90 Å². The molecule has 1 aromatic rings. The number of piperazine rings is 1. The number of hydrogen-bond acceptors (Lipinski definition) is 6. The average molecular weight is 287 g/mol. The Morgan fingerprint density at radius 3 is 2.45 bits per heavy atom. The molecule has 0 radical (unpaired) electrons. The van der Waals surface area contributed by atoms with E-state index < -0.39 is 0 Å². The third-order valence-electron chi connectivity index (χ3n) is 2.85. The molecule has 1 fully saturated rings. The van der Waals surface area contributed by atoms with Gasteiger partial charge in [0.1, 0.15) is 11.7 Å². The molecule has 116 valence electrons. The molecule has 0 saturated carbocycles. The summed E-state index contributed by atoms with van der Waals surface area (Å²) >= 11 is 0. The first kappa shape index (κ1) is 18.3. The van der Waals surface area contributed by atoms with Gasteiger partial charge in [-0.25, -0.2) is 4.98 Å². The summed E-state index contributed by atoms with van der Waals surface area (Å²) in [5.41, 5.74) is 6.70. The predicted molar refractivity (Wildman–Crippen MR) is 79.9 cm³/mol. The highest BCUT2D eigenvalue weighted by molar-refractivity contribution is 6.02. The van der Waals surface area contributed by atoms with Crippen LogP contribution in [0.4, 0.5) is 5.82 Å². The van der Waals surface area contributed by atoms with E-state index in [0.717, 1.165) is 31.6 Å². The number of aliphatic imine (C=N–C) groups is 1. The minimum atomic E-state index is 0. The van der Waals surface area contributed by atoms with Crippen LogP contribution in [-0.4, -0.2) is 76.9 Å². The van der Waals surface area contributed by atoms with E-state index in [1.165, 1.54) is 5.06 Å². The largest absolute Gasteiger partial charge is 0.412 e. The first-order valence-corrected chi connectivity index (χ1v) is 6.03. The molecular weight excluding hydrogens is 262 g/mol. The van der Waals surface area contributed by atoms with Crippen molar-refractivity contribution < 1.29 is 17.2 Å². The van der Waals surface area contributed by atoms with Gasteiger partial charge in [-0.2, -0.15) is 5.06 Å². The van der Waals surface area contributed by atoms with Gasteiger partial charge in [0.25, 0.3) is 0 Å². The van der Waals surface area contributed by atoms with E-state index in [9.17, 15) is 5.21 Å². The number of nitrogens with two attached hydrogens (primary N) is 1. The molecule has 8 heteroatoms. The van der Waals surface area contributed by atoms with E-state index in [1.54, 1.807) is 13.2 Å². The summed E-state index contributed by atoms with van der Waals surface area (Å²) in [4.78, 5) is 10.5. The molecule has 1 saturated heterocycles. The Balaban J connectivity index is 0. The molecule has 6 N–H and O–H groups in total. The second-order valence-corrected chi connectivity index (χ2v) is 3.92. The smallest absolute Gasteiger partial charge is 0.134 e. The average Bonchev–Trinajstić information content (AvgIpc) is 2.46. The molecule has 0 spiro atoms. The Bertz CT molecular complexity index is 425. The second-order valence-electron chi connectivity index (χ2n) is 3.92. The van der Waals surface area contributed by atoms with Gasteiger partial charge in [-0.3, -0.25) is 4.99 Å². The number of aromatic nitrogens is 1. The van der Waals surface area contributed by atoms with E-state index in [4.69, 9.17) is 10.8 Å². The molecule has 0 aliphatic carbocycles. The number of aliphatic hydroxyl groups excluding tert-OH is 1. The van der Waals surface area contributed by atoms with Gasteiger partial charge in [0.15, 0.2) is 0 Å². The molecule has 1 aliphatic rings. The van der Waals surface area contributed by atoms with Crippen LogP contribution in [0.2, 0.25) is 0 Å². The summed E-state index contributed by atoms with van der Waals surface area (Å²) in [6.07, 6.45) is 1.66. The Kier molecular flexibility index (Phi) is 8.41. The Labute approximate surface area is 119 Å². The number of nitrogen functional groups attached to an aromatic ring is 1. The molecule has 20 heavy (non-hydrogen) atoms. The molecule has 0 aromatic carbocycles. The van der Waals surface area contributed by atoms with Crippen LogP contribution < -0.4 is 5.73 Å². The maximum Gasteiger partial charge on any atom is 0.134 e. The lowest BCUT2D eigenvalue weighted by atomic mass is 10.2. The van der Waals surface area contributed by atoms with Crippen LogP contribution in [0.25, 0.3) is 0 Å². The van der Waals surface area contributed by atoms with Crippen molar-refractivity contribution in [2.45, 2.75) is 0 Å². The number of aliphatic hydroxyl groups is 1. The van der Waals surface area contributed by atoms with Crippen LogP contribution in [-0.2, 0) is 0 Å². The van der Waals surface area contributed by atoms with E-state index in [2.05, 4.69) is 14.9 Å². The Morgan fingerprint density at radius 1 is 1.35 bits per heavy atom. The molecular formula is C12H25N5O3. The fraction of sp³-hybridized carbons (Fsp3) is 0.500. The standard InChI is InChI=1S/C11H17N5O.CH4O.H2O.H2/c1-13-11(9-3-2-4-14-10(9)12)15-5-7-16(17)8-6-15;1-2;;/h2-4,17H,5-8H2,1H3,(H2,12,14);2H,1H3;1H2;1H. The van der Waals surface area contributed by atoms with Crippen LogP contribution in [0, 0.1) is 0 Å². The van der Waals surface area contributed by atoms with Gasteiger partial charge in [-0.1, -0.05) is 0 Å². The van der Waals surface area contributed by atoms with Gasteiger partial charge in [-0.15, -0.1) is 0 Å². The summed E-state index contributed by atoms with van der Waals surface area (Å²) in [5.74, 6) is 1.32. The minimum absolute atomic E-state index is 0. The van der Waals surface area contributed by atoms with Gasteiger partial charge < -0.3 is 26.4 Å². The lowest BCUT2D eigenvalue weighted by Gasteiger charge is -2.33. The van der Waals surface area contributed by atoms with Crippen LogP contribution in [0.15, 0.2) is 23.3 Å². The summed E-state index contributed by atoms with van der Waals surface area (Å²) < 4.78 is 0. The maximum atomic E-state index is 9.34. The Morgan fingerprint density at radius 2 is 1.95 bits per heavy atom. The molecule has 8 nitrogen and oxygen atoms in total. The molecule has 1 aromatic heterocycles. The van der Waals surface area contributed by atoms with Crippen molar-refractivity contribution in [3.05, 3.63) is 23.9 Å². The van der Waals surface area contributed by atoms with Gasteiger partial charge >= 0.3 is 0 Å². The van der Waals surface area contributed by atoms with Gasteiger partial charge in [-0.05, 0) is 12.1 Å². The van der Waals surface area contributed by atoms with Gasteiger partial charge in [0.05, 0.1) is 5.56 Å². The zero-order valence-electron chi connectivity index (χ0n) is 11.8. The fourth-order valence-corrected chi connectivity index (χ4v) is 1.95. The number of anilines is 1. The normalized spacial score (nSPS) is 16.0. The van der Waals surface area contributed by atoms with Crippen molar-refractivity contribution in [2.24, 2.45) is 4.99 Å². The monoisotopic (exact) mass is 287 g/mol. The summed E-state index contributed by atoms with van der Waals surface area (Å²) in [5, 5.41) is 17.7. The number of hydroxylamine groups is 2. The summed E-state index contributed by atoms with van der Waals surface area (Å²) in [6.45, 7) is 2.69. The van der Waals surface area contributed by atoms with Gasteiger partial charge in [0.2, 0.25) is 0 Å². The molecule has 2 rings (SSSR count). The van der Waals surface area contributed by atoms with Crippen molar-refractivity contribution >= 4 is 11.7 Å². The second kappa shape index (κ2) is 9.21. The van der Waals surface area contributed by atoms with E-state index in [1.807, 2.05) is 12.1 Å². The first-order chi connectivity index (χ1) is 9.22. The van der Waals surface area contributed by atoms with Crippen LogP contribution >= 0.6 is 0 Å². The predicted octanol–water partition coefficient (Wildman–Crippen LogP) is -0.923. The van der Waals surface area contributed by atoms with Crippen molar-refractivity contribution in [1.82, 2.24) is 14.9 Å². The van der Waals surface area contributed by atoms with Crippen molar-refractivity contribution in [3.8, 4) is 0 Å². The van der Waals surface area contributed by atoms with Gasteiger partial charge in [0, 0.05) is 48.0 Å². The Hall–Kier alpha value is -1.74. The molecule has 0 amide bonds. The van der Waals surface area contributed by atoms with Crippen LogP contribution in [0.3, 0.4) is 0 Å². The topological polar surface area (TPSA) is 130 Å². The van der Waals surface area contributed by atoms with Crippen molar-refractivity contribution in [1.29, 1.82) is 0 Å². The highest BCUT2D eigenvalue weighted by Gasteiger charge is 2.20. The molecule has 0 unspecified atom stereocenters. The maximum absolute atomic E-state index is 9.34. The van der Waals surface area contributed by atoms with Crippen LogP contribution in [0.1, 0.15) is 6.99 Å². The quantitative estimate of drug-likeness (QED) is 0.452. The third-order valence-corrected chi connectivity index (χ3v) is 2.85. The molecule has 2 heterocycles. The summed E-state index contributed by atoms with van der Waals surface area (Å²) in [7, 11) is 2.74. The number of amidine groups is 1. The lowest BCUT2D eigenvalue weighted by Crippen LogP contribution is -2.47. The highest BCUT2D eigenvalue weighted by Crippen LogP contribution is 2.13. The SMILES string of the molecule is CN=C(c1cccnc1N)N1CCN(O)CC1.CO.O.[HH]. The van der Waals surface area contributed by atoms with E-state index >= 15 is 0 Å². The minimum Gasteiger partial charge on any atom is -0.412 e. The van der Waals surface area contributed by atoms with E-state index in [0.29, 0.717) is 18.9 Å². The molecule has 0 bridgehead atoms. The zero-order chi connectivity index (χ0) is 14.3. The number of rotatable bonds is 1. The third kappa shape index (κ3) is 4.42. The summed E-state index contributed by atoms with van der Waals surface area (Å²) in [6, 6.07) is 3.76.